The minimum Gasteiger partial charge on any atom is -0.398 e. The van der Waals surface area contributed by atoms with E-state index in [2.05, 4.69) is 6.07 Å². The Hall–Kier alpha value is -2.12. The van der Waals surface area contributed by atoms with E-state index in [4.69, 9.17) is 11.0 Å². The second-order valence-corrected chi connectivity index (χ2v) is 5.69. The van der Waals surface area contributed by atoms with Crippen LogP contribution in [0.15, 0.2) is 47.4 Å². The molecule has 0 radical (unpaired) electrons. The molecule has 0 fully saturated rings. The number of rotatable bonds is 3. The monoisotopic (exact) mass is 270 g/mol. The van der Waals surface area contributed by atoms with Gasteiger partial charge in [-0.1, -0.05) is 18.2 Å². The number of hydrogen-bond donors (Lipinski definition) is 1. The molecule has 1 atom stereocenters. The van der Waals surface area contributed by atoms with Crippen molar-refractivity contribution in [2.75, 3.05) is 5.73 Å². The van der Waals surface area contributed by atoms with Gasteiger partial charge in [0.2, 0.25) is 0 Å². The van der Waals surface area contributed by atoms with Gasteiger partial charge in [0, 0.05) is 10.6 Å². The number of nitrogen functional groups attached to an aromatic ring is 1. The van der Waals surface area contributed by atoms with Gasteiger partial charge in [-0.05, 0) is 42.3 Å². The molecule has 0 aliphatic rings. The van der Waals surface area contributed by atoms with Gasteiger partial charge in [-0.2, -0.15) is 5.26 Å². The molecule has 96 valence electrons. The largest absolute Gasteiger partial charge is 0.398 e. The number of nitriles is 1. The molecule has 0 aliphatic carbocycles. The van der Waals surface area contributed by atoms with E-state index in [0.29, 0.717) is 17.0 Å². The predicted molar refractivity (Wildman–Crippen MR) is 76.9 cm³/mol. The molecule has 0 saturated carbocycles. The summed E-state index contributed by atoms with van der Waals surface area (Å²) in [5.41, 5.74) is 8.80. The highest BCUT2D eigenvalue weighted by Gasteiger charge is 2.10. The molecule has 0 bridgehead atoms. The van der Waals surface area contributed by atoms with Crippen molar-refractivity contribution < 1.29 is 4.21 Å². The molecule has 3 nitrogen and oxygen atoms in total. The van der Waals surface area contributed by atoms with Crippen molar-refractivity contribution in [1.82, 2.24) is 0 Å². The van der Waals surface area contributed by atoms with Crippen LogP contribution in [0.2, 0.25) is 0 Å². The van der Waals surface area contributed by atoms with Crippen LogP contribution in [0.4, 0.5) is 5.69 Å². The summed E-state index contributed by atoms with van der Waals surface area (Å²) in [6, 6.07) is 14.7. The van der Waals surface area contributed by atoms with E-state index >= 15 is 0 Å². The fourth-order valence-corrected chi connectivity index (χ4v) is 3.17. The zero-order valence-corrected chi connectivity index (χ0v) is 11.4. The van der Waals surface area contributed by atoms with Gasteiger partial charge < -0.3 is 5.73 Å². The Morgan fingerprint density at radius 1 is 1.26 bits per heavy atom. The van der Waals surface area contributed by atoms with Gasteiger partial charge in [0.15, 0.2) is 0 Å². The molecule has 2 rings (SSSR count). The van der Waals surface area contributed by atoms with Crippen LogP contribution in [0, 0.1) is 18.3 Å². The summed E-state index contributed by atoms with van der Waals surface area (Å²) in [4.78, 5) is 0.752. The highest BCUT2D eigenvalue weighted by molar-refractivity contribution is 7.84. The average molecular weight is 270 g/mol. The zero-order valence-electron chi connectivity index (χ0n) is 10.6. The van der Waals surface area contributed by atoms with Gasteiger partial charge in [0.05, 0.1) is 28.2 Å². The van der Waals surface area contributed by atoms with Crippen molar-refractivity contribution in [2.24, 2.45) is 0 Å². The summed E-state index contributed by atoms with van der Waals surface area (Å²) < 4.78 is 12.4. The normalized spacial score (nSPS) is 11.8. The van der Waals surface area contributed by atoms with Crippen molar-refractivity contribution in [3.05, 3.63) is 59.2 Å². The molecule has 2 N–H and O–H groups in total. The first-order valence-corrected chi connectivity index (χ1v) is 7.16. The third kappa shape index (κ3) is 3.01. The Labute approximate surface area is 115 Å². The van der Waals surface area contributed by atoms with Crippen molar-refractivity contribution in [3.63, 3.8) is 0 Å². The zero-order chi connectivity index (χ0) is 13.8. The fourth-order valence-electron chi connectivity index (χ4n) is 1.84. The van der Waals surface area contributed by atoms with Gasteiger partial charge in [-0.25, -0.2) is 0 Å². The SMILES string of the molecule is Cc1c(N)cccc1S(=O)Cc1cccc(C#N)c1. The first-order valence-electron chi connectivity index (χ1n) is 5.84. The lowest BCUT2D eigenvalue weighted by Crippen LogP contribution is -2.01. The van der Waals surface area contributed by atoms with Crippen LogP contribution in [0.1, 0.15) is 16.7 Å². The van der Waals surface area contributed by atoms with Crippen LogP contribution < -0.4 is 5.73 Å². The Balaban J connectivity index is 2.26. The Morgan fingerprint density at radius 2 is 2.00 bits per heavy atom. The van der Waals surface area contributed by atoms with Gasteiger partial charge >= 0.3 is 0 Å². The van der Waals surface area contributed by atoms with Crippen molar-refractivity contribution in [3.8, 4) is 6.07 Å². The van der Waals surface area contributed by atoms with E-state index < -0.39 is 10.8 Å². The van der Waals surface area contributed by atoms with Crippen LogP contribution in [0.3, 0.4) is 0 Å². The van der Waals surface area contributed by atoms with E-state index in [-0.39, 0.29) is 0 Å². The molecule has 2 aromatic rings. The average Bonchev–Trinajstić information content (AvgIpc) is 2.42. The summed E-state index contributed by atoms with van der Waals surface area (Å²) in [5, 5.41) is 8.85. The van der Waals surface area contributed by atoms with Gasteiger partial charge in [0.25, 0.3) is 0 Å². The maximum absolute atomic E-state index is 12.4. The van der Waals surface area contributed by atoms with Crippen LogP contribution in [0.5, 0.6) is 0 Å². The number of nitrogens with zero attached hydrogens (tertiary/aromatic N) is 1. The van der Waals surface area contributed by atoms with Gasteiger partial charge in [0.1, 0.15) is 0 Å². The Morgan fingerprint density at radius 3 is 2.74 bits per heavy atom. The van der Waals surface area contributed by atoms with Gasteiger partial charge in [-0.15, -0.1) is 0 Å². The molecule has 0 amide bonds. The highest BCUT2D eigenvalue weighted by Crippen LogP contribution is 2.21. The molecular weight excluding hydrogens is 256 g/mol. The summed E-state index contributed by atoms with van der Waals surface area (Å²) in [7, 11) is -1.16. The molecule has 2 aromatic carbocycles. The minimum absolute atomic E-state index is 0.389. The lowest BCUT2D eigenvalue weighted by molar-refractivity contribution is 0.682. The van der Waals surface area contributed by atoms with Crippen LogP contribution in [-0.2, 0) is 16.6 Å². The third-order valence-electron chi connectivity index (χ3n) is 2.93. The lowest BCUT2D eigenvalue weighted by atomic mass is 10.2. The topological polar surface area (TPSA) is 66.9 Å². The van der Waals surface area contributed by atoms with E-state index in [1.165, 1.54) is 0 Å². The first kappa shape index (κ1) is 13.3. The van der Waals surface area contributed by atoms with E-state index in [1.807, 2.05) is 19.1 Å². The van der Waals surface area contributed by atoms with Crippen LogP contribution in [-0.4, -0.2) is 4.21 Å². The molecule has 0 heterocycles. The van der Waals surface area contributed by atoms with E-state index in [9.17, 15) is 4.21 Å². The second kappa shape index (κ2) is 5.68. The smallest absolute Gasteiger partial charge is 0.0991 e. The predicted octanol–water partition coefficient (Wildman–Crippen LogP) is 2.76. The van der Waals surface area contributed by atoms with E-state index in [1.54, 1.807) is 30.3 Å². The summed E-state index contributed by atoms with van der Waals surface area (Å²) in [5.74, 6) is 0.389. The molecule has 0 saturated heterocycles. The van der Waals surface area contributed by atoms with Crippen LogP contribution >= 0.6 is 0 Å². The van der Waals surface area contributed by atoms with E-state index in [0.717, 1.165) is 16.0 Å². The number of anilines is 1. The molecule has 4 heteroatoms. The van der Waals surface area contributed by atoms with Crippen molar-refractivity contribution in [2.45, 2.75) is 17.6 Å². The number of nitrogens with two attached hydrogens (primary N) is 1. The Kier molecular flexibility index (Phi) is 3.98. The minimum atomic E-state index is -1.16. The highest BCUT2D eigenvalue weighted by atomic mass is 32.2. The Bertz CT molecular complexity index is 674. The molecule has 0 aliphatic heterocycles. The van der Waals surface area contributed by atoms with Gasteiger partial charge in [-0.3, -0.25) is 4.21 Å². The maximum atomic E-state index is 12.4. The quantitative estimate of drug-likeness (QED) is 0.872. The number of hydrogen-bond acceptors (Lipinski definition) is 3. The molecular formula is C15H14N2OS. The molecule has 1 unspecified atom stereocenters. The van der Waals surface area contributed by atoms with Crippen molar-refractivity contribution >= 4 is 16.5 Å². The standard InChI is InChI=1S/C15H14N2OS/c1-11-14(17)6-3-7-15(11)19(18)10-13-5-2-4-12(8-13)9-16/h2-8H,10,17H2,1H3. The molecule has 0 spiro atoms. The summed E-state index contributed by atoms with van der Waals surface area (Å²) >= 11 is 0. The van der Waals surface area contributed by atoms with Crippen LogP contribution in [0.25, 0.3) is 0 Å². The second-order valence-electron chi connectivity index (χ2n) is 4.27. The third-order valence-corrected chi connectivity index (χ3v) is 4.45. The fraction of sp³-hybridized carbons (Fsp3) is 0.133. The summed E-state index contributed by atoms with van der Waals surface area (Å²) in [6.07, 6.45) is 0. The summed E-state index contributed by atoms with van der Waals surface area (Å²) in [6.45, 7) is 1.87. The first-order chi connectivity index (χ1) is 9.11. The molecule has 19 heavy (non-hydrogen) atoms. The number of benzene rings is 2. The maximum Gasteiger partial charge on any atom is 0.0991 e. The molecule has 0 aromatic heterocycles. The lowest BCUT2D eigenvalue weighted by Gasteiger charge is -2.08. The van der Waals surface area contributed by atoms with Crippen molar-refractivity contribution in [1.29, 1.82) is 5.26 Å².